The van der Waals surface area contributed by atoms with Crippen molar-refractivity contribution in [2.75, 3.05) is 27.7 Å². The molecule has 1 fully saturated rings. The van der Waals surface area contributed by atoms with Gasteiger partial charge in [-0.25, -0.2) is 8.42 Å². The molecule has 1 aromatic heterocycles. The third-order valence-corrected chi connectivity index (χ3v) is 6.98. The summed E-state index contributed by atoms with van der Waals surface area (Å²) in [5.41, 5.74) is 8.06. The summed E-state index contributed by atoms with van der Waals surface area (Å²) in [6.07, 6.45) is 0.611. The van der Waals surface area contributed by atoms with Crippen LogP contribution in [0.1, 0.15) is 17.8 Å². The highest BCUT2D eigenvalue weighted by atomic mass is 35.5. The first-order chi connectivity index (χ1) is 14.8. The number of halogens is 1. The zero-order valence-electron chi connectivity index (χ0n) is 16.7. The van der Waals surface area contributed by atoms with Gasteiger partial charge in [0, 0.05) is 23.3 Å². The predicted octanol–water partition coefficient (Wildman–Crippen LogP) is 3.28. The Kier molecular flexibility index (Phi) is 5.84. The van der Waals surface area contributed by atoms with Gasteiger partial charge in [-0.05, 0) is 43.2 Å². The maximum Gasteiger partial charge on any atom is 0.235 e. The number of aromatic nitrogens is 3. The van der Waals surface area contributed by atoms with Crippen LogP contribution in [0.15, 0.2) is 42.5 Å². The van der Waals surface area contributed by atoms with Crippen molar-refractivity contribution in [1.29, 1.82) is 0 Å². The van der Waals surface area contributed by atoms with Crippen molar-refractivity contribution in [3.63, 3.8) is 0 Å². The number of nitrogens with zero attached hydrogens (tertiary/aromatic N) is 4. The minimum atomic E-state index is -3.26. The van der Waals surface area contributed by atoms with Crippen molar-refractivity contribution < 1.29 is 13.2 Å². The number of rotatable bonds is 6. The molecule has 0 radical (unpaired) electrons. The average Bonchev–Trinajstić information content (AvgIpc) is 3.08. The van der Waals surface area contributed by atoms with Crippen molar-refractivity contribution in [3.05, 3.63) is 58.9 Å². The number of nitrogen functional groups attached to an aromatic ring is 1. The predicted molar refractivity (Wildman–Crippen MR) is 120 cm³/mol. The van der Waals surface area contributed by atoms with E-state index < -0.39 is 10.0 Å². The summed E-state index contributed by atoms with van der Waals surface area (Å²) < 4.78 is 31.5. The van der Waals surface area contributed by atoms with Crippen molar-refractivity contribution in [2.24, 2.45) is 0 Å². The molecule has 3 N–H and O–H groups in total. The second-order valence-corrected chi connectivity index (χ2v) is 9.47. The van der Waals surface area contributed by atoms with Crippen molar-refractivity contribution in [3.8, 4) is 5.75 Å². The molecule has 0 unspecified atom stereocenters. The molecule has 1 saturated heterocycles. The molecule has 2 heterocycles. The molecule has 1 aliphatic rings. The molecule has 0 bridgehead atoms. The second kappa shape index (κ2) is 8.56. The van der Waals surface area contributed by atoms with Gasteiger partial charge in [-0.15, -0.1) is 0 Å². The van der Waals surface area contributed by atoms with E-state index in [0.717, 1.165) is 5.56 Å². The first-order valence-corrected chi connectivity index (χ1v) is 11.6. The second-order valence-electron chi connectivity index (χ2n) is 7.05. The lowest BCUT2D eigenvalue weighted by atomic mass is 10.2. The van der Waals surface area contributed by atoms with E-state index in [2.05, 4.69) is 20.3 Å². The summed E-state index contributed by atoms with van der Waals surface area (Å²) in [4.78, 5) is 12.5. The third kappa shape index (κ3) is 4.97. The van der Waals surface area contributed by atoms with Crippen LogP contribution in [0, 0.1) is 6.92 Å². The van der Waals surface area contributed by atoms with Crippen molar-refractivity contribution in [1.82, 2.24) is 15.0 Å². The quantitative estimate of drug-likeness (QED) is 0.574. The molecule has 0 spiro atoms. The molecule has 0 atom stereocenters. The number of anilines is 4. The summed E-state index contributed by atoms with van der Waals surface area (Å²) in [7, 11) is -3.26. The summed E-state index contributed by atoms with van der Waals surface area (Å²) in [6.45, 7) is 2.41. The minimum Gasteiger partial charge on any atom is -0.486 e. The highest BCUT2D eigenvalue weighted by Gasteiger charge is 2.28. The number of ether oxygens (including phenoxy) is 1. The fourth-order valence-corrected chi connectivity index (χ4v) is 4.90. The normalized spacial score (nSPS) is 15.1. The monoisotopic (exact) mass is 460 g/mol. The van der Waals surface area contributed by atoms with E-state index in [1.165, 1.54) is 4.31 Å². The number of hydrogen-bond acceptors (Lipinski definition) is 8. The smallest absolute Gasteiger partial charge is 0.235 e. The number of sulfonamides is 1. The van der Waals surface area contributed by atoms with Gasteiger partial charge in [0.1, 0.15) is 12.4 Å². The Bertz CT molecular complexity index is 1220. The SMILES string of the molecule is Cc1ccc(Nc2nc(N)nc(COc3cccc(N4CCCS4(=O)=O)c3)n2)cc1Cl. The Morgan fingerprint density at radius 1 is 1.19 bits per heavy atom. The lowest BCUT2D eigenvalue weighted by molar-refractivity contribution is 0.296. The average molecular weight is 461 g/mol. The van der Waals surface area contributed by atoms with E-state index in [4.69, 9.17) is 22.1 Å². The lowest BCUT2D eigenvalue weighted by Gasteiger charge is -2.17. The number of nitrogens with two attached hydrogens (primary N) is 1. The van der Waals surface area contributed by atoms with E-state index in [1.807, 2.05) is 19.1 Å². The summed E-state index contributed by atoms with van der Waals surface area (Å²) >= 11 is 6.16. The van der Waals surface area contributed by atoms with Crippen LogP contribution in [0.3, 0.4) is 0 Å². The molecule has 0 amide bonds. The van der Waals surface area contributed by atoms with Crippen LogP contribution < -0.4 is 20.1 Å². The highest BCUT2D eigenvalue weighted by Crippen LogP contribution is 2.28. The Morgan fingerprint density at radius 3 is 2.77 bits per heavy atom. The van der Waals surface area contributed by atoms with Gasteiger partial charge in [0.05, 0.1) is 11.4 Å². The van der Waals surface area contributed by atoms with Gasteiger partial charge in [0.2, 0.25) is 21.9 Å². The Morgan fingerprint density at radius 2 is 2.03 bits per heavy atom. The molecule has 1 aliphatic heterocycles. The largest absolute Gasteiger partial charge is 0.486 e. The van der Waals surface area contributed by atoms with Gasteiger partial charge in [0.25, 0.3) is 0 Å². The van der Waals surface area contributed by atoms with Crippen LogP contribution in [0.5, 0.6) is 5.75 Å². The van der Waals surface area contributed by atoms with Crippen LogP contribution in [0.2, 0.25) is 5.02 Å². The molecule has 162 valence electrons. The zero-order chi connectivity index (χ0) is 22.0. The summed E-state index contributed by atoms with van der Waals surface area (Å²) in [6, 6.07) is 12.4. The number of nitrogens with one attached hydrogen (secondary N) is 1. The van der Waals surface area contributed by atoms with E-state index >= 15 is 0 Å². The van der Waals surface area contributed by atoms with Crippen LogP contribution in [-0.4, -0.2) is 35.7 Å². The van der Waals surface area contributed by atoms with Gasteiger partial charge in [-0.2, -0.15) is 15.0 Å². The first-order valence-electron chi connectivity index (χ1n) is 9.57. The number of aryl methyl sites for hydroxylation is 1. The first kappa shape index (κ1) is 21.1. The molecule has 2 aromatic carbocycles. The third-order valence-electron chi connectivity index (χ3n) is 4.70. The van der Waals surface area contributed by atoms with Crippen LogP contribution in [0.25, 0.3) is 0 Å². The van der Waals surface area contributed by atoms with Crippen molar-refractivity contribution in [2.45, 2.75) is 20.0 Å². The van der Waals surface area contributed by atoms with Gasteiger partial charge in [-0.1, -0.05) is 23.7 Å². The molecule has 4 rings (SSSR count). The summed E-state index contributed by atoms with van der Waals surface area (Å²) in [5.74, 6) is 1.30. The minimum absolute atomic E-state index is 0.0340. The van der Waals surface area contributed by atoms with E-state index in [1.54, 1.807) is 30.3 Å². The molecular weight excluding hydrogens is 440 g/mol. The number of hydrogen-bond donors (Lipinski definition) is 2. The maximum atomic E-state index is 12.1. The molecule has 0 saturated carbocycles. The van der Waals surface area contributed by atoms with Gasteiger partial charge in [0.15, 0.2) is 5.82 Å². The van der Waals surface area contributed by atoms with Crippen molar-refractivity contribution >= 4 is 44.9 Å². The lowest BCUT2D eigenvalue weighted by Crippen LogP contribution is -2.24. The molecule has 3 aromatic rings. The molecular formula is C20H21ClN6O3S. The Hall–Kier alpha value is -3.11. The topological polar surface area (TPSA) is 123 Å². The zero-order valence-corrected chi connectivity index (χ0v) is 18.3. The summed E-state index contributed by atoms with van der Waals surface area (Å²) in [5, 5.41) is 3.67. The van der Waals surface area contributed by atoms with E-state index in [0.29, 0.717) is 40.9 Å². The molecule has 0 aliphatic carbocycles. The molecule has 11 heteroatoms. The Labute approximate surface area is 185 Å². The number of benzene rings is 2. The molecule has 9 nitrogen and oxygen atoms in total. The van der Waals surface area contributed by atoms with Gasteiger partial charge < -0.3 is 15.8 Å². The fraction of sp³-hybridized carbons (Fsp3) is 0.250. The van der Waals surface area contributed by atoms with E-state index in [9.17, 15) is 8.42 Å². The van der Waals surface area contributed by atoms with Gasteiger partial charge >= 0.3 is 0 Å². The standard InChI is InChI=1S/C20H21ClN6O3S/c1-13-6-7-14(10-17(13)21)23-20-25-18(24-19(22)26-20)12-30-16-5-2-4-15(11-16)27-8-3-9-31(27,28)29/h2,4-7,10-11H,3,8-9,12H2,1H3,(H3,22,23,24,25,26). The maximum absolute atomic E-state index is 12.1. The Balaban J connectivity index is 1.48. The fourth-order valence-electron chi connectivity index (χ4n) is 3.16. The van der Waals surface area contributed by atoms with Gasteiger partial charge in [-0.3, -0.25) is 4.31 Å². The van der Waals surface area contributed by atoms with Crippen LogP contribution >= 0.6 is 11.6 Å². The molecule has 31 heavy (non-hydrogen) atoms. The highest BCUT2D eigenvalue weighted by molar-refractivity contribution is 7.93. The van der Waals surface area contributed by atoms with E-state index in [-0.39, 0.29) is 24.3 Å². The van der Waals surface area contributed by atoms with Crippen LogP contribution in [-0.2, 0) is 16.6 Å². The van der Waals surface area contributed by atoms with Crippen LogP contribution in [0.4, 0.5) is 23.3 Å².